The smallest absolute Gasteiger partial charge is 0.306 e. The van der Waals surface area contributed by atoms with Crippen molar-refractivity contribution in [3.63, 3.8) is 0 Å². The summed E-state index contributed by atoms with van der Waals surface area (Å²) in [4.78, 5) is 34.5. The van der Waals surface area contributed by atoms with Gasteiger partial charge in [0.05, 0.1) is 12.1 Å². The number of anilines is 2. The number of rotatable bonds is 4. The number of halogens is 1. The Morgan fingerprint density at radius 3 is 2.69 bits per heavy atom. The molecule has 0 spiro atoms. The van der Waals surface area contributed by atoms with Crippen molar-refractivity contribution >= 4 is 51.6 Å². The maximum Gasteiger partial charge on any atom is 0.306 e. The van der Waals surface area contributed by atoms with Crippen LogP contribution in [0, 0.1) is 16.5 Å². The number of aryl methyl sites for hydroxylation is 1. The van der Waals surface area contributed by atoms with Crippen LogP contribution in [-0.2, 0) is 4.79 Å². The van der Waals surface area contributed by atoms with Gasteiger partial charge in [-0.1, -0.05) is 0 Å². The monoisotopic (exact) mass is 505 g/mol. The average Bonchev–Trinajstić information content (AvgIpc) is 3.10. The normalized spacial score (nSPS) is 14.9. The Labute approximate surface area is 181 Å². The molecule has 0 unspecified atom stereocenters. The molecule has 1 amide bonds. The fraction of sp³-hybridized carbons (Fsp3) is 0.300. The van der Waals surface area contributed by atoms with Crippen molar-refractivity contribution in [1.29, 1.82) is 0 Å². The Morgan fingerprint density at radius 2 is 2.00 bits per heavy atom. The topological polar surface area (TPSA) is 99.8 Å². The zero-order chi connectivity index (χ0) is 20.5. The lowest BCUT2D eigenvalue weighted by Gasteiger charge is -2.30. The zero-order valence-electron chi connectivity index (χ0n) is 15.8. The summed E-state index contributed by atoms with van der Waals surface area (Å²) < 4.78 is 2.94. The number of carbonyl (C=O) groups is 2. The van der Waals surface area contributed by atoms with Crippen LogP contribution in [0.5, 0.6) is 0 Å². The molecule has 0 saturated carbocycles. The highest BCUT2D eigenvalue weighted by molar-refractivity contribution is 14.1. The molecule has 150 valence electrons. The first-order chi connectivity index (χ1) is 13.9. The van der Waals surface area contributed by atoms with Crippen molar-refractivity contribution in [2.75, 3.05) is 18.4 Å². The summed E-state index contributed by atoms with van der Waals surface area (Å²) >= 11 is 2.21. The van der Waals surface area contributed by atoms with Gasteiger partial charge in [0.1, 0.15) is 3.70 Å². The van der Waals surface area contributed by atoms with Crippen LogP contribution in [0.2, 0.25) is 0 Å². The quantitative estimate of drug-likeness (QED) is 0.528. The number of hydrogen-bond acceptors (Lipinski definition) is 5. The Bertz CT molecular complexity index is 1090. The van der Waals surface area contributed by atoms with Crippen LogP contribution >= 0.6 is 22.6 Å². The van der Waals surface area contributed by atoms with Gasteiger partial charge >= 0.3 is 5.97 Å². The number of imidazole rings is 1. The van der Waals surface area contributed by atoms with E-state index in [4.69, 9.17) is 5.11 Å². The van der Waals surface area contributed by atoms with Crippen molar-refractivity contribution in [2.24, 2.45) is 5.92 Å². The molecular weight excluding hydrogens is 485 g/mol. The van der Waals surface area contributed by atoms with Gasteiger partial charge in [-0.3, -0.25) is 14.0 Å². The Balaban J connectivity index is 1.51. The van der Waals surface area contributed by atoms with Crippen LogP contribution in [0.15, 0.2) is 36.8 Å². The van der Waals surface area contributed by atoms with Gasteiger partial charge < -0.3 is 15.3 Å². The van der Waals surface area contributed by atoms with Crippen molar-refractivity contribution in [3.8, 4) is 0 Å². The number of hydrogen-bond donors (Lipinski definition) is 2. The van der Waals surface area contributed by atoms with E-state index in [1.807, 2.05) is 29.7 Å². The molecule has 0 aliphatic carbocycles. The summed E-state index contributed by atoms with van der Waals surface area (Å²) in [6, 6.07) is 5.57. The van der Waals surface area contributed by atoms with Gasteiger partial charge in [-0.05, 0) is 66.1 Å². The molecule has 1 saturated heterocycles. The third-order valence-corrected chi connectivity index (χ3v) is 6.03. The van der Waals surface area contributed by atoms with E-state index in [0.717, 1.165) is 20.6 Å². The molecule has 3 heterocycles. The molecule has 2 aromatic heterocycles. The van der Waals surface area contributed by atoms with E-state index in [0.29, 0.717) is 37.3 Å². The van der Waals surface area contributed by atoms with Crippen LogP contribution in [0.25, 0.3) is 5.65 Å². The standard InChI is InChI=1S/C20H20IN5O3/c1-12-10-14(24-17-18-23-11-16(21)26(18)9-6-22-17)2-3-15(12)19(27)25-7-4-13(5-8-25)20(28)29/h2-3,6,9-11,13H,4-5,7-8H2,1H3,(H,22,24)(H,28,29). The number of fused-ring (bicyclic) bond motifs is 1. The second-order valence-corrected chi connectivity index (χ2v) is 8.22. The van der Waals surface area contributed by atoms with Gasteiger partial charge in [-0.15, -0.1) is 0 Å². The predicted octanol–water partition coefficient (Wildman–Crippen LogP) is 3.32. The molecule has 1 fully saturated rings. The molecule has 2 N–H and O–H groups in total. The minimum Gasteiger partial charge on any atom is -0.481 e. The molecule has 0 bridgehead atoms. The van der Waals surface area contributed by atoms with Gasteiger partial charge in [-0.25, -0.2) is 9.97 Å². The van der Waals surface area contributed by atoms with Crippen LogP contribution < -0.4 is 5.32 Å². The number of aliphatic carboxylic acids is 1. The molecule has 1 aromatic carbocycles. The maximum absolute atomic E-state index is 12.9. The summed E-state index contributed by atoms with van der Waals surface area (Å²) in [5.41, 5.74) is 3.04. The summed E-state index contributed by atoms with van der Waals surface area (Å²) in [6.45, 7) is 2.84. The molecule has 1 aliphatic rings. The minimum atomic E-state index is -0.778. The van der Waals surface area contributed by atoms with Crippen LogP contribution in [0.1, 0.15) is 28.8 Å². The molecule has 4 rings (SSSR count). The molecule has 3 aromatic rings. The van der Waals surface area contributed by atoms with E-state index in [1.165, 1.54) is 0 Å². The molecule has 1 aliphatic heterocycles. The van der Waals surface area contributed by atoms with Crippen molar-refractivity contribution in [2.45, 2.75) is 19.8 Å². The fourth-order valence-corrected chi connectivity index (χ4v) is 4.12. The van der Waals surface area contributed by atoms with Crippen molar-refractivity contribution in [1.82, 2.24) is 19.3 Å². The number of amides is 1. The predicted molar refractivity (Wildman–Crippen MR) is 116 cm³/mol. The first-order valence-electron chi connectivity index (χ1n) is 9.31. The van der Waals surface area contributed by atoms with Gasteiger partial charge in [-0.2, -0.15) is 0 Å². The lowest BCUT2D eigenvalue weighted by atomic mass is 9.96. The number of aromatic nitrogens is 3. The fourth-order valence-electron chi connectivity index (χ4n) is 3.60. The SMILES string of the molecule is Cc1cc(Nc2nccn3c(I)cnc23)ccc1C(=O)N1CCC(C(=O)O)CC1. The summed E-state index contributed by atoms with van der Waals surface area (Å²) in [7, 11) is 0. The summed E-state index contributed by atoms with van der Waals surface area (Å²) in [5, 5.41) is 12.4. The molecular formula is C20H20IN5O3. The number of nitrogens with one attached hydrogen (secondary N) is 1. The summed E-state index contributed by atoms with van der Waals surface area (Å²) in [6.07, 6.45) is 6.35. The number of carboxylic acids is 1. The van der Waals surface area contributed by atoms with Crippen molar-refractivity contribution in [3.05, 3.63) is 51.6 Å². The minimum absolute atomic E-state index is 0.0547. The number of benzene rings is 1. The second kappa shape index (κ2) is 7.97. The Kier molecular flexibility index (Phi) is 5.39. The lowest BCUT2D eigenvalue weighted by Crippen LogP contribution is -2.40. The highest BCUT2D eigenvalue weighted by atomic mass is 127. The van der Waals surface area contributed by atoms with Crippen LogP contribution in [0.4, 0.5) is 11.5 Å². The molecule has 8 nitrogen and oxygen atoms in total. The van der Waals surface area contributed by atoms with E-state index >= 15 is 0 Å². The number of piperidine rings is 1. The van der Waals surface area contributed by atoms with Crippen LogP contribution in [0.3, 0.4) is 0 Å². The summed E-state index contributed by atoms with van der Waals surface area (Å²) in [5.74, 6) is -0.544. The van der Waals surface area contributed by atoms with E-state index < -0.39 is 5.97 Å². The number of likely N-dealkylation sites (tertiary alicyclic amines) is 1. The van der Waals surface area contributed by atoms with E-state index in [9.17, 15) is 9.59 Å². The first kappa shape index (κ1) is 19.6. The van der Waals surface area contributed by atoms with Gasteiger partial charge in [0.2, 0.25) is 0 Å². The van der Waals surface area contributed by atoms with E-state index in [2.05, 4.69) is 37.9 Å². The number of carboxylic acid groups (broad SMARTS) is 1. The highest BCUT2D eigenvalue weighted by Crippen LogP contribution is 2.25. The second-order valence-electron chi connectivity index (χ2n) is 7.11. The third-order valence-electron chi connectivity index (χ3n) is 5.23. The van der Waals surface area contributed by atoms with Crippen LogP contribution in [-0.4, -0.2) is 49.3 Å². The molecule has 29 heavy (non-hydrogen) atoms. The molecule has 9 heteroatoms. The number of nitrogens with zero attached hydrogens (tertiary/aromatic N) is 4. The Hall–Kier alpha value is -2.69. The van der Waals surface area contributed by atoms with E-state index in [1.54, 1.807) is 23.4 Å². The molecule has 0 radical (unpaired) electrons. The third kappa shape index (κ3) is 3.91. The average molecular weight is 505 g/mol. The molecule has 0 atom stereocenters. The van der Waals surface area contributed by atoms with Crippen molar-refractivity contribution < 1.29 is 14.7 Å². The number of carbonyl (C=O) groups excluding carboxylic acids is 1. The van der Waals surface area contributed by atoms with Gasteiger partial charge in [0, 0.05) is 36.7 Å². The maximum atomic E-state index is 12.9. The first-order valence-corrected chi connectivity index (χ1v) is 10.4. The Morgan fingerprint density at radius 1 is 1.24 bits per heavy atom. The zero-order valence-corrected chi connectivity index (χ0v) is 18.0. The lowest BCUT2D eigenvalue weighted by molar-refractivity contribution is -0.143. The van der Waals surface area contributed by atoms with Gasteiger partial charge in [0.25, 0.3) is 5.91 Å². The van der Waals surface area contributed by atoms with Gasteiger partial charge in [0.15, 0.2) is 11.5 Å². The highest BCUT2D eigenvalue weighted by Gasteiger charge is 2.28. The van der Waals surface area contributed by atoms with E-state index in [-0.39, 0.29) is 11.8 Å². The largest absolute Gasteiger partial charge is 0.481 e.